The summed E-state index contributed by atoms with van der Waals surface area (Å²) in [6.07, 6.45) is 1.53. The van der Waals surface area contributed by atoms with E-state index in [-0.39, 0.29) is 5.25 Å². The summed E-state index contributed by atoms with van der Waals surface area (Å²) in [5.74, 6) is 0. The van der Waals surface area contributed by atoms with Crippen LogP contribution in [-0.2, 0) is 9.84 Å². The molecule has 1 aromatic carbocycles. The van der Waals surface area contributed by atoms with Gasteiger partial charge in [-0.1, -0.05) is 30.3 Å². The van der Waals surface area contributed by atoms with E-state index < -0.39 is 15.2 Å². The van der Waals surface area contributed by atoms with E-state index in [1.807, 2.05) is 6.07 Å². The lowest BCUT2D eigenvalue weighted by molar-refractivity contribution is 0.582. The van der Waals surface area contributed by atoms with E-state index in [4.69, 9.17) is 5.73 Å². The van der Waals surface area contributed by atoms with Gasteiger partial charge in [0.15, 0.2) is 9.84 Å². The molecule has 0 aromatic heterocycles. The third kappa shape index (κ3) is 1.67. The fourth-order valence-corrected chi connectivity index (χ4v) is 3.18. The molecule has 1 atom stereocenters. The summed E-state index contributed by atoms with van der Waals surface area (Å²) in [6.45, 7) is 0. The van der Waals surface area contributed by atoms with Gasteiger partial charge < -0.3 is 5.73 Å². The van der Waals surface area contributed by atoms with Gasteiger partial charge in [0.2, 0.25) is 0 Å². The van der Waals surface area contributed by atoms with Crippen molar-refractivity contribution in [2.75, 3.05) is 0 Å². The minimum atomic E-state index is -3.14. The molecule has 1 aliphatic carbocycles. The zero-order valence-corrected chi connectivity index (χ0v) is 8.57. The molecule has 0 aliphatic heterocycles. The molecule has 0 saturated heterocycles. The number of hydrogen-bond donors (Lipinski definition) is 1. The number of sulfone groups is 1. The lowest BCUT2D eigenvalue weighted by Crippen LogP contribution is -2.24. The summed E-state index contributed by atoms with van der Waals surface area (Å²) >= 11 is 0. The van der Waals surface area contributed by atoms with E-state index >= 15 is 0 Å². The van der Waals surface area contributed by atoms with E-state index in [9.17, 15) is 8.42 Å². The van der Waals surface area contributed by atoms with Crippen LogP contribution in [0.2, 0.25) is 0 Å². The van der Waals surface area contributed by atoms with Crippen LogP contribution < -0.4 is 5.73 Å². The van der Waals surface area contributed by atoms with Gasteiger partial charge in [-0.05, 0) is 18.4 Å². The van der Waals surface area contributed by atoms with E-state index in [1.54, 1.807) is 24.3 Å². The Morgan fingerprint density at radius 1 is 1.21 bits per heavy atom. The second-order valence-electron chi connectivity index (χ2n) is 3.62. The zero-order chi connectivity index (χ0) is 10.2. The molecule has 76 valence electrons. The minimum absolute atomic E-state index is 0.197. The fraction of sp³-hybridized carbons (Fsp3) is 0.400. The molecule has 0 amide bonds. The molecule has 4 heteroatoms. The van der Waals surface area contributed by atoms with Crippen molar-refractivity contribution < 1.29 is 8.42 Å². The average Bonchev–Trinajstić information content (AvgIpc) is 3.01. The Bertz CT molecular complexity index is 409. The molecule has 1 fully saturated rings. The Morgan fingerprint density at radius 3 is 2.29 bits per heavy atom. The summed E-state index contributed by atoms with van der Waals surface area (Å²) in [5.41, 5.74) is 6.41. The maximum atomic E-state index is 11.8. The number of nitrogens with two attached hydrogens (primary N) is 1. The molecule has 1 saturated carbocycles. The van der Waals surface area contributed by atoms with Crippen molar-refractivity contribution in [1.29, 1.82) is 0 Å². The molecular weight excluding hydrogens is 198 g/mol. The van der Waals surface area contributed by atoms with E-state index in [0.29, 0.717) is 5.56 Å². The largest absolute Gasteiger partial charge is 0.311 e. The molecule has 3 nitrogen and oxygen atoms in total. The number of hydrogen-bond acceptors (Lipinski definition) is 3. The topological polar surface area (TPSA) is 60.2 Å². The van der Waals surface area contributed by atoms with Gasteiger partial charge in [0.1, 0.15) is 5.37 Å². The monoisotopic (exact) mass is 211 g/mol. The van der Waals surface area contributed by atoms with Gasteiger partial charge in [0, 0.05) is 0 Å². The van der Waals surface area contributed by atoms with Crippen LogP contribution in [-0.4, -0.2) is 13.7 Å². The molecule has 1 aromatic rings. The highest BCUT2D eigenvalue weighted by Gasteiger charge is 2.40. The van der Waals surface area contributed by atoms with Gasteiger partial charge in [0.25, 0.3) is 0 Å². The van der Waals surface area contributed by atoms with Gasteiger partial charge in [-0.25, -0.2) is 8.42 Å². The third-order valence-corrected chi connectivity index (χ3v) is 4.85. The molecule has 0 radical (unpaired) electrons. The lowest BCUT2D eigenvalue weighted by atomic mass is 10.2. The predicted molar refractivity (Wildman–Crippen MR) is 55.3 cm³/mol. The first-order chi connectivity index (χ1) is 6.62. The van der Waals surface area contributed by atoms with Crippen molar-refractivity contribution >= 4 is 9.84 Å². The average molecular weight is 211 g/mol. The molecule has 1 aliphatic rings. The summed E-state index contributed by atoms with van der Waals surface area (Å²) in [5, 5.41) is -1.05. The molecule has 14 heavy (non-hydrogen) atoms. The van der Waals surface area contributed by atoms with Crippen LogP contribution in [0, 0.1) is 0 Å². The third-order valence-electron chi connectivity index (χ3n) is 2.47. The minimum Gasteiger partial charge on any atom is -0.311 e. The Morgan fingerprint density at radius 2 is 1.79 bits per heavy atom. The van der Waals surface area contributed by atoms with Crippen LogP contribution >= 0.6 is 0 Å². The van der Waals surface area contributed by atoms with Gasteiger partial charge in [-0.2, -0.15) is 0 Å². The highest BCUT2D eigenvalue weighted by Crippen LogP contribution is 2.34. The molecule has 2 N–H and O–H groups in total. The number of rotatable bonds is 3. The smallest absolute Gasteiger partial charge is 0.173 e. The first-order valence-corrected chi connectivity index (χ1v) is 6.26. The van der Waals surface area contributed by atoms with Crippen LogP contribution in [0.15, 0.2) is 30.3 Å². The van der Waals surface area contributed by atoms with Crippen molar-refractivity contribution in [3.05, 3.63) is 35.9 Å². The van der Waals surface area contributed by atoms with Crippen LogP contribution in [0.5, 0.6) is 0 Å². The fourth-order valence-electron chi connectivity index (χ4n) is 1.44. The molecule has 0 spiro atoms. The molecule has 2 rings (SSSR count). The summed E-state index contributed by atoms with van der Waals surface area (Å²) < 4.78 is 23.5. The van der Waals surface area contributed by atoms with Crippen molar-refractivity contribution in [3.8, 4) is 0 Å². The maximum absolute atomic E-state index is 11.8. The van der Waals surface area contributed by atoms with Crippen LogP contribution in [0.25, 0.3) is 0 Å². The first-order valence-electron chi connectivity index (χ1n) is 4.65. The van der Waals surface area contributed by atoms with Crippen molar-refractivity contribution in [1.82, 2.24) is 0 Å². The Balaban J connectivity index is 2.28. The normalized spacial score (nSPS) is 19.2. The van der Waals surface area contributed by atoms with Crippen LogP contribution in [0.4, 0.5) is 0 Å². The molecule has 0 heterocycles. The van der Waals surface area contributed by atoms with E-state index in [0.717, 1.165) is 12.8 Å². The lowest BCUT2D eigenvalue weighted by Gasteiger charge is -2.12. The molecule has 0 bridgehead atoms. The van der Waals surface area contributed by atoms with Crippen molar-refractivity contribution in [2.45, 2.75) is 23.5 Å². The highest BCUT2D eigenvalue weighted by molar-refractivity contribution is 7.92. The molecular formula is C10H13NO2S. The number of benzene rings is 1. The zero-order valence-electron chi connectivity index (χ0n) is 7.76. The van der Waals surface area contributed by atoms with Crippen molar-refractivity contribution in [3.63, 3.8) is 0 Å². The van der Waals surface area contributed by atoms with Gasteiger partial charge in [0.05, 0.1) is 5.25 Å². The quantitative estimate of drug-likeness (QED) is 0.817. The summed E-state index contributed by atoms with van der Waals surface area (Å²) in [7, 11) is -3.14. The Kier molecular flexibility index (Phi) is 2.33. The predicted octanol–water partition coefficient (Wildman–Crippen LogP) is 1.22. The summed E-state index contributed by atoms with van der Waals surface area (Å²) in [6, 6.07) is 8.96. The van der Waals surface area contributed by atoms with Crippen molar-refractivity contribution in [2.24, 2.45) is 5.73 Å². The maximum Gasteiger partial charge on any atom is 0.173 e. The van der Waals surface area contributed by atoms with E-state index in [2.05, 4.69) is 0 Å². The first kappa shape index (κ1) is 9.68. The second kappa shape index (κ2) is 3.37. The van der Waals surface area contributed by atoms with Crippen LogP contribution in [0.1, 0.15) is 23.8 Å². The standard InChI is InChI=1S/C10H13NO2S/c11-10(8-4-2-1-3-5-8)14(12,13)9-6-7-9/h1-5,9-10H,6-7,11H2. The van der Waals surface area contributed by atoms with Crippen LogP contribution in [0.3, 0.4) is 0 Å². The molecule has 1 unspecified atom stereocenters. The SMILES string of the molecule is NC(c1ccccc1)S(=O)(=O)C1CC1. The second-order valence-corrected chi connectivity index (χ2v) is 5.97. The summed E-state index contributed by atoms with van der Waals surface area (Å²) in [4.78, 5) is 0. The van der Waals surface area contributed by atoms with Gasteiger partial charge in [-0.3, -0.25) is 0 Å². The van der Waals surface area contributed by atoms with Gasteiger partial charge in [-0.15, -0.1) is 0 Å². The van der Waals surface area contributed by atoms with Gasteiger partial charge >= 0.3 is 0 Å². The Labute approximate surface area is 83.9 Å². The van der Waals surface area contributed by atoms with E-state index in [1.165, 1.54) is 0 Å². The highest BCUT2D eigenvalue weighted by atomic mass is 32.2. The Hall–Kier alpha value is -0.870.